The first-order chi connectivity index (χ1) is 9.85. The van der Waals surface area contributed by atoms with Crippen molar-refractivity contribution in [2.24, 2.45) is 0 Å². The number of ether oxygens (including phenoxy) is 1. The number of carbonyl (C=O) groups is 2. The summed E-state index contributed by atoms with van der Waals surface area (Å²) in [6.45, 7) is 1.63. The van der Waals surface area contributed by atoms with Crippen molar-refractivity contribution in [1.29, 1.82) is 0 Å². The Hall–Kier alpha value is -2.11. The molecule has 1 unspecified atom stereocenters. The number of amides is 1. The van der Waals surface area contributed by atoms with E-state index in [0.29, 0.717) is 11.3 Å². The Morgan fingerprint density at radius 1 is 1.48 bits per heavy atom. The Labute approximate surface area is 122 Å². The topological polar surface area (TPSA) is 66.8 Å². The summed E-state index contributed by atoms with van der Waals surface area (Å²) in [5, 5.41) is 8.85. The second-order valence-electron chi connectivity index (χ2n) is 5.33. The molecule has 1 saturated heterocycles. The smallest absolute Gasteiger partial charge is 0.343 e. The molecule has 0 bridgehead atoms. The molecule has 5 nitrogen and oxygen atoms in total. The molecule has 1 aliphatic heterocycles. The zero-order valence-corrected chi connectivity index (χ0v) is 12.1. The molecule has 0 spiro atoms. The first-order valence-corrected chi connectivity index (χ1v) is 6.69. The first-order valence-electron chi connectivity index (χ1n) is 6.69. The van der Waals surface area contributed by atoms with Gasteiger partial charge in [-0.05, 0) is 13.0 Å². The normalized spacial score (nSPS) is 21.4. The van der Waals surface area contributed by atoms with Gasteiger partial charge in [0, 0.05) is 18.5 Å². The van der Waals surface area contributed by atoms with E-state index in [4.69, 9.17) is 9.84 Å². The minimum atomic E-state index is -2.33. The van der Waals surface area contributed by atoms with E-state index in [2.05, 4.69) is 0 Å². The SMILES string of the molecule is COc1ccc(C)cc1CC(=O)N1CCC(F)(C(=O)O)C1. The number of hydrogen-bond donors (Lipinski definition) is 1. The summed E-state index contributed by atoms with van der Waals surface area (Å²) in [6.07, 6.45) is -0.0976. The fourth-order valence-corrected chi connectivity index (χ4v) is 2.48. The van der Waals surface area contributed by atoms with Gasteiger partial charge in [0.2, 0.25) is 11.6 Å². The monoisotopic (exact) mass is 295 g/mol. The molecule has 0 aliphatic carbocycles. The fraction of sp³-hybridized carbons (Fsp3) is 0.467. The molecule has 114 valence electrons. The Morgan fingerprint density at radius 2 is 2.19 bits per heavy atom. The highest BCUT2D eigenvalue weighted by molar-refractivity contribution is 5.83. The maximum atomic E-state index is 14.0. The van der Waals surface area contributed by atoms with Crippen molar-refractivity contribution in [1.82, 2.24) is 4.90 Å². The van der Waals surface area contributed by atoms with Crippen LogP contribution < -0.4 is 4.74 Å². The number of carbonyl (C=O) groups excluding carboxylic acids is 1. The third-order valence-corrected chi connectivity index (χ3v) is 3.73. The number of nitrogens with zero attached hydrogens (tertiary/aromatic N) is 1. The lowest BCUT2D eigenvalue weighted by atomic mass is 10.1. The molecule has 1 aromatic carbocycles. The number of likely N-dealkylation sites (tertiary alicyclic amines) is 1. The van der Waals surface area contributed by atoms with Gasteiger partial charge < -0.3 is 14.7 Å². The molecule has 6 heteroatoms. The number of aryl methyl sites for hydroxylation is 1. The number of carboxylic acid groups (broad SMARTS) is 1. The second kappa shape index (κ2) is 5.71. The molecule has 0 radical (unpaired) electrons. The van der Waals surface area contributed by atoms with Crippen LogP contribution in [0.5, 0.6) is 5.75 Å². The fourth-order valence-electron chi connectivity index (χ4n) is 2.48. The molecule has 1 heterocycles. The molecular formula is C15H18FNO4. The highest BCUT2D eigenvalue weighted by Gasteiger charge is 2.46. The van der Waals surface area contributed by atoms with Crippen molar-refractivity contribution >= 4 is 11.9 Å². The summed E-state index contributed by atoms with van der Waals surface area (Å²) < 4.78 is 19.2. The van der Waals surface area contributed by atoms with Gasteiger partial charge in [0.05, 0.1) is 20.1 Å². The predicted molar refractivity (Wildman–Crippen MR) is 74.1 cm³/mol. The predicted octanol–water partition coefficient (Wildman–Crippen LogP) is 1.57. The van der Waals surface area contributed by atoms with Gasteiger partial charge in [-0.25, -0.2) is 9.18 Å². The number of benzene rings is 1. The third-order valence-electron chi connectivity index (χ3n) is 3.73. The van der Waals surface area contributed by atoms with Crippen LogP contribution in [0.2, 0.25) is 0 Å². The number of rotatable bonds is 4. The van der Waals surface area contributed by atoms with E-state index in [9.17, 15) is 14.0 Å². The molecule has 1 N–H and O–H groups in total. The molecule has 1 fully saturated rings. The number of alkyl halides is 1. The molecule has 0 saturated carbocycles. The second-order valence-corrected chi connectivity index (χ2v) is 5.33. The van der Waals surface area contributed by atoms with Crippen molar-refractivity contribution in [3.63, 3.8) is 0 Å². The van der Waals surface area contributed by atoms with E-state index < -0.39 is 18.2 Å². The molecule has 1 amide bonds. The van der Waals surface area contributed by atoms with Crippen LogP contribution in [0.25, 0.3) is 0 Å². The Bertz CT molecular complexity index is 575. The third kappa shape index (κ3) is 3.15. The summed E-state index contributed by atoms with van der Waals surface area (Å²) in [6, 6.07) is 5.49. The van der Waals surface area contributed by atoms with Crippen molar-refractivity contribution in [3.8, 4) is 5.75 Å². The number of carboxylic acids is 1. The van der Waals surface area contributed by atoms with Crippen LogP contribution in [0.15, 0.2) is 18.2 Å². The number of aliphatic carboxylic acids is 1. The van der Waals surface area contributed by atoms with Crippen LogP contribution in [0.4, 0.5) is 4.39 Å². The van der Waals surface area contributed by atoms with E-state index in [-0.39, 0.29) is 25.3 Å². The quantitative estimate of drug-likeness (QED) is 0.915. The minimum absolute atomic E-state index is 0.0700. The van der Waals surface area contributed by atoms with Crippen LogP contribution in [-0.2, 0) is 16.0 Å². The summed E-state index contributed by atoms with van der Waals surface area (Å²) >= 11 is 0. The van der Waals surface area contributed by atoms with Crippen molar-refractivity contribution in [3.05, 3.63) is 29.3 Å². The van der Waals surface area contributed by atoms with Crippen molar-refractivity contribution < 1.29 is 23.8 Å². The molecule has 21 heavy (non-hydrogen) atoms. The van der Waals surface area contributed by atoms with Crippen LogP contribution >= 0.6 is 0 Å². The largest absolute Gasteiger partial charge is 0.496 e. The molecule has 1 aromatic rings. The molecule has 1 atom stereocenters. The number of halogens is 1. The van der Waals surface area contributed by atoms with Crippen LogP contribution in [0.3, 0.4) is 0 Å². The molecule has 1 aliphatic rings. The summed E-state index contributed by atoms with van der Waals surface area (Å²) in [5.74, 6) is -1.21. The van der Waals surface area contributed by atoms with Gasteiger partial charge in [0.1, 0.15) is 5.75 Å². The molecular weight excluding hydrogens is 277 g/mol. The van der Waals surface area contributed by atoms with Gasteiger partial charge in [-0.1, -0.05) is 17.7 Å². The average Bonchev–Trinajstić information content (AvgIpc) is 2.83. The van der Waals surface area contributed by atoms with Crippen LogP contribution in [-0.4, -0.2) is 47.8 Å². The Balaban J connectivity index is 2.10. The van der Waals surface area contributed by atoms with Gasteiger partial charge in [-0.15, -0.1) is 0 Å². The highest BCUT2D eigenvalue weighted by atomic mass is 19.1. The minimum Gasteiger partial charge on any atom is -0.496 e. The van der Waals surface area contributed by atoms with Gasteiger partial charge in [0.15, 0.2) is 0 Å². The van der Waals surface area contributed by atoms with Crippen LogP contribution in [0, 0.1) is 6.92 Å². The highest BCUT2D eigenvalue weighted by Crippen LogP contribution is 2.27. The number of hydrogen-bond acceptors (Lipinski definition) is 3. The lowest BCUT2D eigenvalue weighted by Crippen LogP contribution is -2.39. The lowest BCUT2D eigenvalue weighted by molar-refractivity contribution is -0.150. The Morgan fingerprint density at radius 3 is 2.76 bits per heavy atom. The standard InChI is InChI=1S/C15H18FNO4/c1-10-3-4-12(21-2)11(7-10)8-13(18)17-6-5-15(16,9-17)14(19)20/h3-4,7H,5-6,8-9H2,1-2H3,(H,19,20). The summed E-state index contributed by atoms with van der Waals surface area (Å²) in [7, 11) is 1.52. The average molecular weight is 295 g/mol. The van der Waals surface area contributed by atoms with Gasteiger partial charge in [0.25, 0.3) is 0 Å². The Kier molecular flexibility index (Phi) is 4.16. The van der Waals surface area contributed by atoms with E-state index in [1.807, 2.05) is 19.1 Å². The van der Waals surface area contributed by atoms with Crippen molar-refractivity contribution in [2.75, 3.05) is 20.2 Å². The van der Waals surface area contributed by atoms with E-state index in [0.717, 1.165) is 5.56 Å². The zero-order valence-electron chi connectivity index (χ0n) is 12.1. The summed E-state index contributed by atoms with van der Waals surface area (Å²) in [4.78, 5) is 24.3. The number of methoxy groups -OCH3 is 1. The first kappa shape index (κ1) is 15.3. The van der Waals surface area contributed by atoms with Crippen molar-refractivity contribution in [2.45, 2.75) is 25.4 Å². The van der Waals surface area contributed by atoms with E-state index in [1.54, 1.807) is 6.07 Å². The van der Waals surface area contributed by atoms with Gasteiger partial charge in [-0.3, -0.25) is 4.79 Å². The zero-order chi connectivity index (χ0) is 15.6. The van der Waals surface area contributed by atoms with Gasteiger partial charge in [-0.2, -0.15) is 0 Å². The molecule has 0 aromatic heterocycles. The summed E-state index contributed by atoms with van der Waals surface area (Å²) in [5.41, 5.74) is -0.619. The maximum Gasteiger partial charge on any atom is 0.343 e. The molecule has 2 rings (SSSR count). The maximum absolute atomic E-state index is 14.0. The lowest BCUT2D eigenvalue weighted by Gasteiger charge is -2.18. The van der Waals surface area contributed by atoms with Gasteiger partial charge >= 0.3 is 5.97 Å². The van der Waals surface area contributed by atoms with E-state index in [1.165, 1.54) is 12.0 Å². The van der Waals surface area contributed by atoms with Crippen LogP contribution in [0.1, 0.15) is 17.5 Å². The van der Waals surface area contributed by atoms with E-state index >= 15 is 0 Å².